The van der Waals surface area contributed by atoms with E-state index in [2.05, 4.69) is 265 Å². The summed E-state index contributed by atoms with van der Waals surface area (Å²) < 4.78 is 0. The summed E-state index contributed by atoms with van der Waals surface area (Å²) in [5, 5.41) is 1.56. The lowest BCUT2D eigenvalue weighted by molar-refractivity contribution is 0.538. The molecule has 0 aromatic heterocycles. The average Bonchev–Trinajstić information content (AvgIpc) is 3.32. The van der Waals surface area contributed by atoms with E-state index in [9.17, 15) is 0 Å². The lowest BCUT2D eigenvalue weighted by Crippen LogP contribution is -2.39. The summed E-state index contributed by atoms with van der Waals surface area (Å²) in [5.74, 6) is 0. The van der Waals surface area contributed by atoms with Crippen molar-refractivity contribution in [2.45, 2.75) is 66.3 Å². The van der Waals surface area contributed by atoms with E-state index in [0.717, 1.165) is 0 Å². The minimum atomic E-state index is 0.353. The second kappa shape index (κ2) is 20.1. The van der Waals surface area contributed by atoms with Gasteiger partial charge in [-0.05, 0) is 106 Å². The van der Waals surface area contributed by atoms with Gasteiger partial charge in [0.25, 0.3) is 0 Å². The Bertz CT molecular complexity index is 2320. The maximum atomic E-state index is 2.36. The summed E-state index contributed by atoms with van der Waals surface area (Å²) in [4.78, 5) is 5.38. The van der Waals surface area contributed by atoms with Gasteiger partial charge >= 0.3 is 0 Å². The molecule has 9 rings (SSSR count). The van der Waals surface area contributed by atoms with Gasteiger partial charge in [0.2, 0.25) is 0 Å². The summed E-state index contributed by atoms with van der Waals surface area (Å²) in [7, 11) is 0. The van der Waals surface area contributed by atoms with Gasteiger partial charge in [-0.15, -0.1) is 47.0 Å². The molecule has 4 unspecified atom stereocenters. The number of thioether (sulfide) groups is 4. The molecule has 296 valence electrons. The second-order valence-electron chi connectivity index (χ2n) is 15.3. The number of benzene rings is 8. The molecule has 0 N–H and O–H groups in total. The van der Waals surface area contributed by atoms with Gasteiger partial charge in [-0.3, -0.25) is 0 Å². The minimum absolute atomic E-state index is 0.353. The molecular formula is C56H48S4. The smallest absolute Gasteiger partial charge is 0.0350 e. The molecule has 1 aliphatic carbocycles. The van der Waals surface area contributed by atoms with Gasteiger partial charge in [-0.2, -0.15) is 0 Å². The van der Waals surface area contributed by atoms with Gasteiger partial charge in [0.05, 0.1) is 0 Å². The Labute approximate surface area is 373 Å². The van der Waals surface area contributed by atoms with Crippen molar-refractivity contribution < 1.29 is 0 Å². The van der Waals surface area contributed by atoms with Gasteiger partial charge in [-0.1, -0.05) is 183 Å². The quantitative estimate of drug-likeness (QED) is 0.120. The van der Waals surface area contributed by atoms with E-state index in [1.165, 1.54) is 89.8 Å². The molecule has 1 aliphatic rings. The summed E-state index contributed by atoms with van der Waals surface area (Å²) >= 11 is 8.40. The molecule has 0 bridgehead atoms. The van der Waals surface area contributed by atoms with E-state index < -0.39 is 0 Å². The Balaban J connectivity index is 1.07. The fourth-order valence-corrected chi connectivity index (χ4v) is 14.2. The molecule has 0 heterocycles. The van der Waals surface area contributed by atoms with Gasteiger partial charge in [0, 0.05) is 40.6 Å². The zero-order valence-corrected chi connectivity index (χ0v) is 36.8. The zero-order valence-electron chi connectivity index (χ0n) is 33.6. The number of hydrogen-bond acceptors (Lipinski definition) is 4. The van der Waals surface area contributed by atoms with E-state index in [0.29, 0.717) is 21.0 Å². The molecule has 0 amide bonds. The fourth-order valence-electron chi connectivity index (χ4n) is 8.07. The molecule has 0 saturated heterocycles. The Morgan fingerprint density at radius 2 is 0.450 bits per heavy atom. The molecule has 8 aromatic rings. The molecule has 0 nitrogen and oxygen atoms in total. The Hall–Kier alpha value is -4.84. The van der Waals surface area contributed by atoms with Gasteiger partial charge < -0.3 is 0 Å². The van der Waals surface area contributed by atoms with E-state index in [-0.39, 0.29) is 0 Å². The number of hydrogen-bond donors (Lipinski definition) is 0. The van der Waals surface area contributed by atoms with Crippen LogP contribution in [0.3, 0.4) is 0 Å². The third-order valence-corrected chi connectivity index (χ3v) is 17.4. The lowest BCUT2D eigenvalue weighted by Gasteiger charge is -2.39. The largest absolute Gasteiger partial charge is 0.122 e. The highest BCUT2D eigenvalue weighted by Gasteiger charge is 2.39. The zero-order chi connectivity index (χ0) is 40.4. The molecular weight excluding hydrogens is 801 g/mol. The number of rotatable bonds is 12. The molecule has 1 saturated carbocycles. The predicted molar refractivity (Wildman–Crippen MR) is 265 cm³/mol. The Kier molecular flexibility index (Phi) is 13.6. The SMILES string of the molecule is c1ccc(-c2ccc(SC3CCCCC(Sc4ccc(-c5ccccc5)cc4)C(Sc4ccc(-c5ccccc5)cc4)C3Sc3ccc(-c4ccccc4)cc3)cc2)cc1. The van der Waals surface area contributed by atoms with Crippen LogP contribution in [0.1, 0.15) is 25.7 Å². The van der Waals surface area contributed by atoms with Crippen molar-refractivity contribution in [3.8, 4) is 44.5 Å². The van der Waals surface area contributed by atoms with Crippen LogP contribution in [0, 0.1) is 0 Å². The van der Waals surface area contributed by atoms with Crippen LogP contribution >= 0.6 is 47.0 Å². The Morgan fingerprint density at radius 3 is 0.700 bits per heavy atom. The molecule has 0 aliphatic heterocycles. The first-order valence-electron chi connectivity index (χ1n) is 21.0. The van der Waals surface area contributed by atoms with Crippen molar-refractivity contribution in [2.24, 2.45) is 0 Å². The first kappa shape index (κ1) is 40.6. The van der Waals surface area contributed by atoms with Gasteiger partial charge in [0.1, 0.15) is 0 Å². The lowest BCUT2D eigenvalue weighted by atomic mass is 9.99. The van der Waals surface area contributed by atoms with Crippen molar-refractivity contribution in [3.05, 3.63) is 218 Å². The molecule has 4 heteroatoms. The Morgan fingerprint density at radius 1 is 0.233 bits per heavy atom. The molecule has 4 atom stereocenters. The van der Waals surface area contributed by atoms with Crippen LogP contribution in [-0.4, -0.2) is 21.0 Å². The highest BCUT2D eigenvalue weighted by Crippen LogP contribution is 2.50. The third kappa shape index (κ3) is 10.4. The third-order valence-electron chi connectivity index (χ3n) is 11.2. The van der Waals surface area contributed by atoms with Crippen molar-refractivity contribution in [1.29, 1.82) is 0 Å². The van der Waals surface area contributed by atoms with E-state index in [4.69, 9.17) is 0 Å². The maximum Gasteiger partial charge on any atom is 0.0350 e. The van der Waals surface area contributed by atoms with Crippen LogP contribution in [0.2, 0.25) is 0 Å². The van der Waals surface area contributed by atoms with E-state index in [1.54, 1.807) is 0 Å². The molecule has 1 fully saturated rings. The fraction of sp³-hybridized carbons (Fsp3) is 0.143. The summed E-state index contributed by atoms with van der Waals surface area (Å²) in [5.41, 5.74) is 10.1. The van der Waals surface area contributed by atoms with Crippen molar-refractivity contribution in [2.75, 3.05) is 0 Å². The van der Waals surface area contributed by atoms with Crippen molar-refractivity contribution >= 4 is 47.0 Å². The van der Waals surface area contributed by atoms with Gasteiger partial charge in [-0.25, -0.2) is 0 Å². The summed E-state index contributed by atoms with van der Waals surface area (Å²) in [6.07, 6.45) is 4.85. The molecule has 0 spiro atoms. The molecule has 8 aromatic carbocycles. The molecule has 0 radical (unpaired) electrons. The summed E-state index contributed by atoms with van der Waals surface area (Å²) in [6, 6.07) is 80.4. The van der Waals surface area contributed by atoms with Crippen molar-refractivity contribution in [1.82, 2.24) is 0 Å². The summed E-state index contributed by atoms with van der Waals surface area (Å²) in [6.45, 7) is 0. The highest BCUT2D eigenvalue weighted by atomic mass is 32.2. The first-order valence-corrected chi connectivity index (χ1v) is 24.5. The van der Waals surface area contributed by atoms with Crippen LogP contribution in [0.25, 0.3) is 44.5 Å². The van der Waals surface area contributed by atoms with Gasteiger partial charge in [0.15, 0.2) is 0 Å². The molecule has 60 heavy (non-hydrogen) atoms. The topological polar surface area (TPSA) is 0 Å². The van der Waals surface area contributed by atoms with Crippen LogP contribution < -0.4 is 0 Å². The average molecular weight is 849 g/mol. The predicted octanol–water partition coefficient (Wildman–Crippen LogP) is 16.9. The van der Waals surface area contributed by atoms with Crippen LogP contribution in [0.4, 0.5) is 0 Å². The van der Waals surface area contributed by atoms with E-state index >= 15 is 0 Å². The normalized spacial score (nSPS) is 18.0. The van der Waals surface area contributed by atoms with E-state index in [1.807, 2.05) is 0 Å². The first-order chi connectivity index (χ1) is 29.7. The van der Waals surface area contributed by atoms with Crippen molar-refractivity contribution in [3.63, 3.8) is 0 Å². The maximum absolute atomic E-state index is 2.36. The highest BCUT2D eigenvalue weighted by molar-refractivity contribution is 8.07. The van der Waals surface area contributed by atoms with Crippen LogP contribution in [-0.2, 0) is 0 Å². The monoisotopic (exact) mass is 848 g/mol. The second-order valence-corrected chi connectivity index (χ2v) is 20.5. The van der Waals surface area contributed by atoms with Crippen LogP contribution in [0.15, 0.2) is 238 Å². The van der Waals surface area contributed by atoms with Crippen LogP contribution in [0.5, 0.6) is 0 Å². The minimum Gasteiger partial charge on any atom is -0.122 e. The standard InChI is InChI=1S/C56H48S4/c1-5-15-41(16-6-1)45-25-33-49(34-26-45)57-53-23-13-14-24-54(58-50-35-27-46(28-36-50)42-17-7-2-8-18-42)56(60-52-39-31-48(32-40-52)44-21-11-4-12-22-44)55(53)59-51-37-29-47(30-38-51)43-19-9-3-10-20-43/h1-12,15-22,25-40,53-56H,13-14,23-24H2.